The zero-order valence-electron chi connectivity index (χ0n) is 12.0. The number of carbonyl (C=O) groups excluding carboxylic acids is 2. The standard InChI is InChI=1S/C13H26N2O3/c1-5-18-13(17)8-7-12(16)14-9-6-10-15(4)11(2)3/h11H,5-10H2,1-4H3,(H,14,16). The van der Waals surface area contributed by atoms with E-state index >= 15 is 0 Å². The molecule has 0 saturated heterocycles. The summed E-state index contributed by atoms with van der Waals surface area (Å²) in [6.45, 7) is 8.00. The minimum Gasteiger partial charge on any atom is -0.466 e. The molecule has 5 nitrogen and oxygen atoms in total. The van der Waals surface area contributed by atoms with E-state index in [4.69, 9.17) is 4.74 Å². The highest BCUT2D eigenvalue weighted by Gasteiger charge is 2.07. The predicted molar refractivity (Wildman–Crippen MR) is 71.3 cm³/mol. The lowest BCUT2D eigenvalue weighted by atomic mass is 10.3. The molecule has 18 heavy (non-hydrogen) atoms. The number of hydrogen-bond donors (Lipinski definition) is 1. The molecule has 0 aliphatic rings. The maximum Gasteiger partial charge on any atom is 0.306 e. The fourth-order valence-corrected chi connectivity index (χ4v) is 1.35. The average molecular weight is 258 g/mol. The molecule has 106 valence electrons. The number of rotatable bonds is 9. The van der Waals surface area contributed by atoms with Gasteiger partial charge in [0.2, 0.25) is 5.91 Å². The van der Waals surface area contributed by atoms with Gasteiger partial charge in [0.1, 0.15) is 0 Å². The van der Waals surface area contributed by atoms with Crippen molar-refractivity contribution in [2.75, 3.05) is 26.7 Å². The molecule has 0 atom stereocenters. The van der Waals surface area contributed by atoms with Gasteiger partial charge >= 0.3 is 5.97 Å². The molecule has 1 amide bonds. The zero-order chi connectivity index (χ0) is 14.0. The Balaban J connectivity index is 3.51. The number of amides is 1. The molecule has 0 aliphatic carbocycles. The van der Waals surface area contributed by atoms with Crippen LogP contribution in [0.25, 0.3) is 0 Å². The first-order valence-corrected chi connectivity index (χ1v) is 6.60. The molecule has 0 heterocycles. The van der Waals surface area contributed by atoms with Crippen LogP contribution in [0.1, 0.15) is 40.0 Å². The molecular formula is C13H26N2O3. The van der Waals surface area contributed by atoms with E-state index in [0.29, 0.717) is 19.2 Å². The lowest BCUT2D eigenvalue weighted by Crippen LogP contribution is -2.31. The summed E-state index contributed by atoms with van der Waals surface area (Å²) in [7, 11) is 2.06. The molecular weight excluding hydrogens is 232 g/mol. The van der Waals surface area contributed by atoms with E-state index in [2.05, 4.69) is 31.1 Å². The molecule has 0 aromatic heterocycles. The zero-order valence-corrected chi connectivity index (χ0v) is 12.0. The normalized spacial score (nSPS) is 10.8. The summed E-state index contributed by atoms with van der Waals surface area (Å²) in [5, 5.41) is 2.80. The fraction of sp³-hybridized carbons (Fsp3) is 0.846. The lowest BCUT2D eigenvalue weighted by Gasteiger charge is -2.20. The second-order valence-electron chi connectivity index (χ2n) is 4.58. The number of nitrogens with one attached hydrogen (secondary N) is 1. The van der Waals surface area contributed by atoms with E-state index in [1.807, 2.05) is 0 Å². The van der Waals surface area contributed by atoms with Crippen LogP contribution in [0.15, 0.2) is 0 Å². The number of esters is 1. The molecule has 0 radical (unpaired) electrons. The highest BCUT2D eigenvalue weighted by atomic mass is 16.5. The summed E-state index contributed by atoms with van der Waals surface area (Å²) in [5.74, 6) is -0.401. The van der Waals surface area contributed by atoms with Crippen LogP contribution < -0.4 is 5.32 Å². The van der Waals surface area contributed by atoms with Crippen molar-refractivity contribution in [2.24, 2.45) is 0 Å². The van der Waals surface area contributed by atoms with Gasteiger partial charge in [0, 0.05) is 19.0 Å². The Labute approximate surface area is 110 Å². The second-order valence-corrected chi connectivity index (χ2v) is 4.58. The molecule has 1 N–H and O–H groups in total. The van der Waals surface area contributed by atoms with Crippen molar-refractivity contribution in [3.05, 3.63) is 0 Å². The summed E-state index contributed by atoms with van der Waals surface area (Å²) in [6, 6.07) is 0.518. The van der Waals surface area contributed by atoms with Gasteiger partial charge in [-0.2, -0.15) is 0 Å². The average Bonchev–Trinajstić information content (AvgIpc) is 2.32. The molecule has 0 rings (SSSR count). The van der Waals surface area contributed by atoms with E-state index in [1.165, 1.54) is 0 Å². The van der Waals surface area contributed by atoms with Crippen molar-refractivity contribution in [3.8, 4) is 0 Å². The Bertz CT molecular complexity index is 255. The topological polar surface area (TPSA) is 58.6 Å². The smallest absolute Gasteiger partial charge is 0.306 e. The molecule has 0 aromatic rings. The van der Waals surface area contributed by atoms with Crippen LogP contribution in [0.5, 0.6) is 0 Å². The van der Waals surface area contributed by atoms with Crippen LogP contribution in [0, 0.1) is 0 Å². The summed E-state index contributed by atoms with van der Waals surface area (Å²) in [5.41, 5.74) is 0. The van der Waals surface area contributed by atoms with E-state index < -0.39 is 0 Å². The van der Waals surface area contributed by atoms with Gasteiger partial charge in [0.05, 0.1) is 13.0 Å². The maximum absolute atomic E-state index is 11.4. The van der Waals surface area contributed by atoms with Crippen molar-refractivity contribution < 1.29 is 14.3 Å². The Morgan fingerprint density at radius 3 is 2.50 bits per heavy atom. The molecule has 0 fully saturated rings. The number of ether oxygens (including phenoxy) is 1. The van der Waals surface area contributed by atoms with Crippen LogP contribution in [0.4, 0.5) is 0 Å². The third kappa shape index (κ3) is 8.98. The number of hydrogen-bond acceptors (Lipinski definition) is 4. The summed E-state index contributed by atoms with van der Waals surface area (Å²) in [4.78, 5) is 24.7. The van der Waals surface area contributed by atoms with Crippen molar-refractivity contribution >= 4 is 11.9 Å². The molecule has 0 aliphatic heterocycles. The quantitative estimate of drug-likeness (QED) is 0.498. The van der Waals surface area contributed by atoms with Gasteiger partial charge in [0.25, 0.3) is 0 Å². The minimum absolute atomic E-state index is 0.0877. The third-order valence-corrected chi connectivity index (χ3v) is 2.75. The van der Waals surface area contributed by atoms with Crippen molar-refractivity contribution in [3.63, 3.8) is 0 Å². The summed E-state index contributed by atoms with van der Waals surface area (Å²) >= 11 is 0. The van der Waals surface area contributed by atoms with Crippen LogP contribution >= 0.6 is 0 Å². The molecule has 0 unspecified atom stereocenters. The van der Waals surface area contributed by atoms with Crippen molar-refractivity contribution in [2.45, 2.75) is 46.1 Å². The Hall–Kier alpha value is -1.10. The van der Waals surface area contributed by atoms with E-state index in [0.717, 1.165) is 13.0 Å². The van der Waals surface area contributed by atoms with Gasteiger partial charge < -0.3 is 15.0 Å². The summed E-state index contributed by atoms with van der Waals surface area (Å²) in [6.07, 6.45) is 1.28. The number of nitrogens with zero attached hydrogens (tertiary/aromatic N) is 1. The van der Waals surface area contributed by atoms with E-state index in [1.54, 1.807) is 6.92 Å². The van der Waals surface area contributed by atoms with Gasteiger partial charge in [0.15, 0.2) is 0 Å². The fourth-order valence-electron chi connectivity index (χ4n) is 1.35. The SMILES string of the molecule is CCOC(=O)CCC(=O)NCCCN(C)C(C)C. The third-order valence-electron chi connectivity index (χ3n) is 2.75. The van der Waals surface area contributed by atoms with Crippen LogP contribution in [0.3, 0.4) is 0 Å². The van der Waals surface area contributed by atoms with Crippen molar-refractivity contribution in [1.82, 2.24) is 10.2 Å². The first kappa shape index (κ1) is 16.9. The van der Waals surface area contributed by atoms with Gasteiger partial charge in [-0.15, -0.1) is 0 Å². The molecule has 5 heteroatoms. The van der Waals surface area contributed by atoms with Gasteiger partial charge in [-0.05, 0) is 40.8 Å². The number of carbonyl (C=O) groups is 2. The van der Waals surface area contributed by atoms with Crippen LogP contribution in [-0.2, 0) is 14.3 Å². The van der Waals surface area contributed by atoms with Crippen molar-refractivity contribution in [1.29, 1.82) is 0 Å². The molecule has 0 aromatic carbocycles. The summed E-state index contributed by atoms with van der Waals surface area (Å²) < 4.78 is 4.75. The predicted octanol–water partition coefficient (Wildman–Crippen LogP) is 1.18. The largest absolute Gasteiger partial charge is 0.466 e. The van der Waals surface area contributed by atoms with Gasteiger partial charge in [-0.3, -0.25) is 9.59 Å². The highest BCUT2D eigenvalue weighted by Crippen LogP contribution is 1.95. The maximum atomic E-state index is 11.4. The van der Waals surface area contributed by atoms with E-state index in [-0.39, 0.29) is 24.7 Å². The van der Waals surface area contributed by atoms with Gasteiger partial charge in [-0.25, -0.2) is 0 Å². The molecule has 0 spiro atoms. The monoisotopic (exact) mass is 258 g/mol. The Morgan fingerprint density at radius 1 is 1.28 bits per heavy atom. The second kappa shape index (κ2) is 9.88. The van der Waals surface area contributed by atoms with Crippen LogP contribution in [0.2, 0.25) is 0 Å². The minimum atomic E-state index is -0.313. The Kier molecular flexibility index (Phi) is 9.28. The first-order valence-electron chi connectivity index (χ1n) is 6.60. The molecule has 0 saturated carbocycles. The first-order chi connectivity index (χ1) is 8.47. The highest BCUT2D eigenvalue weighted by molar-refractivity contribution is 5.81. The Morgan fingerprint density at radius 2 is 1.94 bits per heavy atom. The molecule has 0 bridgehead atoms. The van der Waals surface area contributed by atoms with Gasteiger partial charge in [-0.1, -0.05) is 0 Å². The van der Waals surface area contributed by atoms with E-state index in [9.17, 15) is 9.59 Å². The van der Waals surface area contributed by atoms with Crippen LogP contribution in [-0.4, -0.2) is 49.6 Å². The lowest BCUT2D eigenvalue weighted by molar-refractivity contribution is -0.144.